The first-order chi connectivity index (χ1) is 9.17. The Labute approximate surface area is 117 Å². The summed E-state index contributed by atoms with van der Waals surface area (Å²) in [5.41, 5.74) is 0. The van der Waals surface area contributed by atoms with Crippen molar-refractivity contribution in [1.29, 1.82) is 0 Å². The summed E-state index contributed by atoms with van der Waals surface area (Å²) in [6.45, 7) is 9.09. The van der Waals surface area contributed by atoms with Crippen LogP contribution in [0.4, 0.5) is 0 Å². The number of nitrogens with zero attached hydrogens (tertiary/aromatic N) is 2. The second-order valence-corrected chi connectivity index (χ2v) is 6.31. The molecular formula is C16H29N3. The third kappa shape index (κ3) is 3.19. The molecule has 0 radical (unpaired) electrons. The zero-order valence-corrected chi connectivity index (χ0v) is 12.9. The fraction of sp³-hybridized carbons (Fsp3) is 0.812. The Morgan fingerprint density at radius 3 is 2.84 bits per heavy atom. The molecule has 19 heavy (non-hydrogen) atoms. The van der Waals surface area contributed by atoms with Gasteiger partial charge in [-0.05, 0) is 57.5 Å². The molecule has 1 saturated carbocycles. The maximum absolute atomic E-state index is 4.67. The van der Waals surface area contributed by atoms with Crippen LogP contribution in [0.25, 0.3) is 0 Å². The highest BCUT2D eigenvalue weighted by atomic mass is 15.1. The molecule has 1 heterocycles. The number of rotatable bonds is 5. The molecule has 1 aliphatic carbocycles. The van der Waals surface area contributed by atoms with E-state index in [4.69, 9.17) is 0 Å². The Morgan fingerprint density at radius 1 is 1.42 bits per heavy atom. The molecule has 0 aliphatic heterocycles. The molecule has 3 unspecified atom stereocenters. The Balaban J connectivity index is 2.20. The standard InChI is InChI=1S/C16H29N3/c1-5-19-9-8-18-16(19)15-10-13(12(2)3)6-7-14(15)11-17-4/h8-9,12-15,17H,5-7,10-11H2,1-4H3. The number of hydrogen-bond donors (Lipinski definition) is 1. The lowest BCUT2D eigenvalue weighted by Crippen LogP contribution is -2.33. The fourth-order valence-corrected chi connectivity index (χ4v) is 3.61. The van der Waals surface area contributed by atoms with E-state index in [1.165, 1.54) is 25.1 Å². The van der Waals surface area contributed by atoms with Crippen molar-refractivity contribution in [3.63, 3.8) is 0 Å². The maximum atomic E-state index is 4.67. The van der Waals surface area contributed by atoms with Gasteiger partial charge in [0.25, 0.3) is 0 Å². The molecular weight excluding hydrogens is 234 g/mol. The zero-order chi connectivity index (χ0) is 13.8. The highest BCUT2D eigenvalue weighted by Crippen LogP contribution is 2.42. The third-order valence-corrected chi connectivity index (χ3v) is 4.86. The molecule has 2 rings (SSSR count). The fourth-order valence-electron chi connectivity index (χ4n) is 3.61. The van der Waals surface area contributed by atoms with Crippen LogP contribution in [0, 0.1) is 17.8 Å². The maximum Gasteiger partial charge on any atom is 0.112 e. The predicted octanol–water partition coefficient (Wildman–Crippen LogP) is 3.28. The molecule has 1 aliphatic rings. The largest absolute Gasteiger partial charge is 0.335 e. The van der Waals surface area contributed by atoms with Gasteiger partial charge in [-0.25, -0.2) is 4.98 Å². The second kappa shape index (κ2) is 6.56. The van der Waals surface area contributed by atoms with Gasteiger partial charge in [0.1, 0.15) is 5.82 Å². The van der Waals surface area contributed by atoms with Crippen molar-refractivity contribution in [3.8, 4) is 0 Å². The van der Waals surface area contributed by atoms with Crippen LogP contribution in [0.1, 0.15) is 51.8 Å². The summed E-state index contributed by atoms with van der Waals surface area (Å²) in [5, 5.41) is 3.37. The molecule has 0 aromatic carbocycles. The Morgan fingerprint density at radius 2 is 2.21 bits per heavy atom. The van der Waals surface area contributed by atoms with Crippen molar-refractivity contribution < 1.29 is 0 Å². The summed E-state index contributed by atoms with van der Waals surface area (Å²) in [6.07, 6.45) is 8.12. The highest BCUT2D eigenvalue weighted by molar-refractivity contribution is 5.06. The van der Waals surface area contributed by atoms with Crippen LogP contribution in [0.5, 0.6) is 0 Å². The van der Waals surface area contributed by atoms with E-state index < -0.39 is 0 Å². The average Bonchev–Trinajstić information content (AvgIpc) is 2.87. The summed E-state index contributed by atoms with van der Waals surface area (Å²) in [5.74, 6) is 4.34. The summed E-state index contributed by atoms with van der Waals surface area (Å²) in [7, 11) is 2.07. The lowest BCUT2D eigenvalue weighted by Gasteiger charge is -2.37. The van der Waals surface area contributed by atoms with Crippen LogP contribution in [0.2, 0.25) is 0 Å². The van der Waals surface area contributed by atoms with E-state index in [1.54, 1.807) is 0 Å². The first kappa shape index (κ1) is 14.6. The summed E-state index contributed by atoms with van der Waals surface area (Å²) < 4.78 is 2.33. The van der Waals surface area contributed by atoms with Gasteiger partial charge in [0, 0.05) is 24.9 Å². The quantitative estimate of drug-likeness (QED) is 0.883. The molecule has 0 saturated heterocycles. The van der Waals surface area contributed by atoms with Crippen molar-refractivity contribution >= 4 is 0 Å². The summed E-state index contributed by atoms with van der Waals surface area (Å²) in [4.78, 5) is 4.67. The lowest BCUT2D eigenvalue weighted by molar-refractivity contribution is 0.184. The van der Waals surface area contributed by atoms with Gasteiger partial charge in [-0.2, -0.15) is 0 Å². The molecule has 3 heteroatoms. The molecule has 0 bridgehead atoms. The van der Waals surface area contributed by atoms with Crippen LogP contribution >= 0.6 is 0 Å². The van der Waals surface area contributed by atoms with Gasteiger partial charge in [0.2, 0.25) is 0 Å². The van der Waals surface area contributed by atoms with Gasteiger partial charge in [0.05, 0.1) is 0 Å². The van der Waals surface area contributed by atoms with E-state index in [9.17, 15) is 0 Å². The molecule has 1 N–H and O–H groups in total. The molecule has 1 fully saturated rings. The summed E-state index contributed by atoms with van der Waals surface area (Å²) in [6, 6.07) is 0. The van der Waals surface area contributed by atoms with Gasteiger partial charge in [-0.3, -0.25) is 0 Å². The Bertz CT molecular complexity index is 383. The molecule has 1 aromatic rings. The molecule has 0 spiro atoms. The number of nitrogens with one attached hydrogen (secondary N) is 1. The van der Waals surface area contributed by atoms with Gasteiger partial charge < -0.3 is 9.88 Å². The molecule has 3 atom stereocenters. The molecule has 1 aromatic heterocycles. The van der Waals surface area contributed by atoms with Crippen molar-refractivity contribution in [2.45, 2.75) is 52.5 Å². The minimum atomic E-state index is 0.628. The SMILES string of the molecule is CCn1ccnc1C1CC(C(C)C)CCC1CNC. The number of aryl methyl sites for hydroxylation is 1. The van der Waals surface area contributed by atoms with Crippen molar-refractivity contribution in [2.24, 2.45) is 17.8 Å². The first-order valence-corrected chi connectivity index (χ1v) is 7.83. The number of hydrogen-bond acceptors (Lipinski definition) is 2. The highest BCUT2D eigenvalue weighted by Gasteiger charge is 2.34. The van der Waals surface area contributed by atoms with Gasteiger partial charge in [0.15, 0.2) is 0 Å². The minimum Gasteiger partial charge on any atom is -0.335 e. The van der Waals surface area contributed by atoms with Gasteiger partial charge in [-0.1, -0.05) is 13.8 Å². The van der Waals surface area contributed by atoms with E-state index in [-0.39, 0.29) is 0 Å². The van der Waals surface area contributed by atoms with Crippen LogP contribution < -0.4 is 5.32 Å². The zero-order valence-electron chi connectivity index (χ0n) is 12.9. The minimum absolute atomic E-state index is 0.628. The van der Waals surface area contributed by atoms with Crippen LogP contribution in [0.3, 0.4) is 0 Å². The Hall–Kier alpha value is -0.830. The third-order valence-electron chi connectivity index (χ3n) is 4.86. The van der Waals surface area contributed by atoms with Crippen molar-refractivity contribution in [3.05, 3.63) is 18.2 Å². The van der Waals surface area contributed by atoms with Gasteiger partial charge >= 0.3 is 0 Å². The smallest absolute Gasteiger partial charge is 0.112 e. The normalized spacial score (nSPS) is 27.9. The topological polar surface area (TPSA) is 29.9 Å². The summed E-state index contributed by atoms with van der Waals surface area (Å²) >= 11 is 0. The van der Waals surface area contributed by atoms with E-state index in [0.29, 0.717) is 5.92 Å². The van der Waals surface area contributed by atoms with Crippen LogP contribution in [0.15, 0.2) is 12.4 Å². The lowest BCUT2D eigenvalue weighted by atomic mass is 9.70. The molecule has 3 nitrogen and oxygen atoms in total. The predicted molar refractivity (Wildman–Crippen MR) is 80.2 cm³/mol. The number of imidazole rings is 1. The molecule has 0 amide bonds. The van der Waals surface area contributed by atoms with E-state index >= 15 is 0 Å². The van der Waals surface area contributed by atoms with Crippen molar-refractivity contribution in [2.75, 3.05) is 13.6 Å². The van der Waals surface area contributed by atoms with E-state index in [1.807, 2.05) is 6.20 Å². The Kier molecular flexibility index (Phi) is 5.03. The monoisotopic (exact) mass is 263 g/mol. The van der Waals surface area contributed by atoms with Crippen molar-refractivity contribution in [1.82, 2.24) is 14.9 Å². The molecule has 108 valence electrons. The number of aromatic nitrogens is 2. The van der Waals surface area contributed by atoms with Crippen LogP contribution in [-0.2, 0) is 6.54 Å². The second-order valence-electron chi connectivity index (χ2n) is 6.31. The van der Waals surface area contributed by atoms with Crippen LogP contribution in [-0.4, -0.2) is 23.1 Å². The van der Waals surface area contributed by atoms with E-state index in [0.717, 1.165) is 30.8 Å². The first-order valence-electron chi connectivity index (χ1n) is 7.83. The average molecular weight is 263 g/mol. The van der Waals surface area contributed by atoms with Gasteiger partial charge in [-0.15, -0.1) is 0 Å². The van der Waals surface area contributed by atoms with E-state index in [2.05, 4.69) is 48.9 Å².